The third-order valence-electron chi connectivity index (χ3n) is 5.58. The number of ether oxygens (including phenoxy) is 1. The standard InChI is InChI=1S/C26H28N2O2S/c1-6-20-22(17-9-11-18(12-10-17)26(2,3)4)23-24(29)27-21(28-25(23)31-20)15-16-7-13-19(30-5)14-8-16/h7-14H,6,15H2,1-5H3,(H,27,28,29). The number of rotatable bonds is 5. The van der Waals surface area contributed by atoms with Crippen molar-refractivity contribution in [2.24, 2.45) is 0 Å². The Labute approximate surface area is 187 Å². The van der Waals surface area contributed by atoms with Gasteiger partial charge in [0.05, 0.1) is 12.5 Å². The SMILES string of the molecule is CCc1sc2nc(Cc3ccc(OC)cc3)[nH]c(=O)c2c1-c1ccc(C(C)(C)C)cc1. The number of fused-ring (bicyclic) bond motifs is 1. The first kappa shape index (κ1) is 21.3. The topological polar surface area (TPSA) is 55.0 Å². The third kappa shape index (κ3) is 4.28. The number of methoxy groups -OCH3 is 1. The summed E-state index contributed by atoms with van der Waals surface area (Å²) in [7, 11) is 1.65. The van der Waals surface area contributed by atoms with Gasteiger partial charge in [-0.1, -0.05) is 64.1 Å². The molecule has 0 unspecified atom stereocenters. The molecule has 0 saturated carbocycles. The van der Waals surface area contributed by atoms with Gasteiger partial charge in [-0.3, -0.25) is 4.79 Å². The summed E-state index contributed by atoms with van der Waals surface area (Å²) in [6.07, 6.45) is 1.44. The molecule has 5 heteroatoms. The highest BCUT2D eigenvalue weighted by atomic mass is 32.1. The second kappa shape index (κ2) is 8.31. The fourth-order valence-corrected chi connectivity index (χ4v) is 4.96. The van der Waals surface area contributed by atoms with Gasteiger partial charge < -0.3 is 9.72 Å². The number of hydrogen-bond donors (Lipinski definition) is 1. The van der Waals surface area contributed by atoms with Crippen LogP contribution in [0.25, 0.3) is 21.3 Å². The monoisotopic (exact) mass is 432 g/mol. The zero-order valence-electron chi connectivity index (χ0n) is 18.7. The number of benzene rings is 2. The van der Waals surface area contributed by atoms with Crippen LogP contribution in [-0.2, 0) is 18.3 Å². The van der Waals surface area contributed by atoms with Crippen LogP contribution in [0.1, 0.15) is 49.5 Å². The third-order valence-corrected chi connectivity index (χ3v) is 6.80. The van der Waals surface area contributed by atoms with Crippen LogP contribution in [0.2, 0.25) is 0 Å². The van der Waals surface area contributed by atoms with Crippen molar-refractivity contribution >= 4 is 21.6 Å². The molecule has 0 amide bonds. The van der Waals surface area contributed by atoms with Crippen molar-refractivity contribution in [2.45, 2.75) is 46.0 Å². The van der Waals surface area contributed by atoms with E-state index in [-0.39, 0.29) is 11.0 Å². The maximum absolute atomic E-state index is 13.1. The quantitative estimate of drug-likeness (QED) is 0.414. The van der Waals surface area contributed by atoms with Crippen LogP contribution in [0, 0.1) is 0 Å². The highest BCUT2D eigenvalue weighted by Crippen LogP contribution is 2.37. The van der Waals surface area contributed by atoms with E-state index < -0.39 is 0 Å². The van der Waals surface area contributed by atoms with Crippen molar-refractivity contribution < 1.29 is 4.74 Å². The lowest BCUT2D eigenvalue weighted by molar-refractivity contribution is 0.414. The minimum Gasteiger partial charge on any atom is -0.497 e. The zero-order valence-corrected chi connectivity index (χ0v) is 19.5. The summed E-state index contributed by atoms with van der Waals surface area (Å²) in [6, 6.07) is 16.4. The normalized spacial score (nSPS) is 11.8. The van der Waals surface area contributed by atoms with Gasteiger partial charge >= 0.3 is 0 Å². The van der Waals surface area contributed by atoms with Crippen LogP contribution in [0.5, 0.6) is 5.75 Å². The number of H-pyrrole nitrogens is 1. The Morgan fingerprint density at radius 2 is 1.71 bits per heavy atom. The van der Waals surface area contributed by atoms with E-state index in [0.717, 1.165) is 33.7 Å². The molecule has 0 aliphatic rings. The number of thiophene rings is 1. The molecule has 2 aromatic heterocycles. The molecule has 0 atom stereocenters. The Kier molecular flexibility index (Phi) is 5.71. The molecule has 4 rings (SSSR count). The largest absolute Gasteiger partial charge is 0.497 e. The van der Waals surface area contributed by atoms with Gasteiger partial charge in [-0.05, 0) is 40.7 Å². The summed E-state index contributed by atoms with van der Waals surface area (Å²) in [6.45, 7) is 8.75. The van der Waals surface area contributed by atoms with E-state index >= 15 is 0 Å². The maximum atomic E-state index is 13.1. The Balaban J connectivity index is 1.76. The van der Waals surface area contributed by atoms with Crippen LogP contribution >= 0.6 is 11.3 Å². The first-order valence-electron chi connectivity index (χ1n) is 10.6. The summed E-state index contributed by atoms with van der Waals surface area (Å²) in [5.74, 6) is 1.50. The number of aromatic amines is 1. The summed E-state index contributed by atoms with van der Waals surface area (Å²) < 4.78 is 5.22. The molecule has 2 heterocycles. The number of aromatic nitrogens is 2. The lowest BCUT2D eigenvalue weighted by Crippen LogP contribution is -2.12. The average Bonchev–Trinajstić information content (AvgIpc) is 3.13. The molecule has 31 heavy (non-hydrogen) atoms. The summed E-state index contributed by atoms with van der Waals surface area (Å²) in [4.78, 5) is 23.0. The van der Waals surface area contributed by atoms with E-state index in [1.165, 1.54) is 10.4 Å². The molecule has 2 aromatic carbocycles. The predicted octanol–water partition coefficient (Wildman–Crippen LogP) is 6.11. The van der Waals surface area contributed by atoms with Crippen molar-refractivity contribution in [2.75, 3.05) is 7.11 Å². The molecule has 160 valence electrons. The first-order valence-corrected chi connectivity index (χ1v) is 11.4. The van der Waals surface area contributed by atoms with Crippen LogP contribution in [0.15, 0.2) is 53.3 Å². The van der Waals surface area contributed by atoms with Gasteiger partial charge in [0.25, 0.3) is 5.56 Å². The van der Waals surface area contributed by atoms with E-state index in [4.69, 9.17) is 9.72 Å². The van der Waals surface area contributed by atoms with Gasteiger partial charge in [-0.15, -0.1) is 11.3 Å². The lowest BCUT2D eigenvalue weighted by Gasteiger charge is -2.19. The maximum Gasteiger partial charge on any atom is 0.260 e. The number of nitrogens with zero attached hydrogens (tertiary/aromatic N) is 1. The molecule has 0 radical (unpaired) electrons. The van der Waals surface area contributed by atoms with Crippen molar-refractivity contribution in [3.05, 3.63) is 80.7 Å². The Morgan fingerprint density at radius 3 is 2.29 bits per heavy atom. The molecule has 4 aromatic rings. The molecular weight excluding hydrogens is 404 g/mol. The van der Waals surface area contributed by atoms with E-state index in [1.54, 1.807) is 18.4 Å². The number of hydrogen-bond acceptors (Lipinski definition) is 4. The second-order valence-corrected chi connectivity index (χ2v) is 9.88. The fraction of sp³-hybridized carbons (Fsp3) is 0.308. The second-order valence-electron chi connectivity index (χ2n) is 8.80. The first-order chi connectivity index (χ1) is 14.8. The molecule has 0 aliphatic carbocycles. The Morgan fingerprint density at radius 1 is 1.03 bits per heavy atom. The minimum atomic E-state index is -0.0700. The van der Waals surface area contributed by atoms with E-state index in [0.29, 0.717) is 17.6 Å². The number of aryl methyl sites for hydroxylation is 1. The van der Waals surface area contributed by atoms with E-state index in [9.17, 15) is 4.79 Å². The van der Waals surface area contributed by atoms with Crippen molar-refractivity contribution in [1.82, 2.24) is 9.97 Å². The minimum absolute atomic E-state index is 0.0700. The van der Waals surface area contributed by atoms with Gasteiger partial charge in [0.15, 0.2) is 0 Å². The molecule has 1 N–H and O–H groups in total. The van der Waals surface area contributed by atoms with Crippen LogP contribution in [-0.4, -0.2) is 17.1 Å². The van der Waals surface area contributed by atoms with Gasteiger partial charge in [0.1, 0.15) is 16.4 Å². The fourth-order valence-electron chi connectivity index (χ4n) is 3.81. The predicted molar refractivity (Wildman–Crippen MR) is 130 cm³/mol. The van der Waals surface area contributed by atoms with Gasteiger partial charge in [0, 0.05) is 16.9 Å². The van der Waals surface area contributed by atoms with Crippen LogP contribution < -0.4 is 10.3 Å². The molecule has 4 nitrogen and oxygen atoms in total. The Bertz CT molecular complexity index is 1260. The molecule has 0 aliphatic heterocycles. The summed E-state index contributed by atoms with van der Waals surface area (Å²) >= 11 is 1.62. The summed E-state index contributed by atoms with van der Waals surface area (Å²) in [5.41, 5.74) is 4.48. The van der Waals surface area contributed by atoms with Gasteiger partial charge in [-0.2, -0.15) is 0 Å². The van der Waals surface area contributed by atoms with Gasteiger partial charge in [0.2, 0.25) is 0 Å². The Hall–Kier alpha value is -2.92. The molecule has 0 bridgehead atoms. The van der Waals surface area contributed by atoms with E-state index in [1.807, 2.05) is 24.3 Å². The molecule has 0 spiro atoms. The van der Waals surface area contributed by atoms with Gasteiger partial charge in [-0.25, -0.2) is 4.98 Å². The van der Waals surface area contributed by atoms with E-state index in [2.05, 4.69) is 56.9 Å². The highest BCUT2D eigenvalue weighted by molar-refractivity contribution is 7.19. The highest BCUT2D eigenvalue weighted by Gasteiger charge is 2.19. The van der Waals surface area contributed by atoms with Crippen molar-refractivity contribution in [3.8, 4) is 16.9 Å². The number of nitrogens with one attached hydrogen (secondary N) is 1. The van der Waals surface area contributed by atoms with Crippen LogP contribution in [0.3, 0.4) is 0 Å². The van der Waals surface area contributed by atoms with Crippen LogP contribution in [0.4, 0.5) is 0 Å². The molecule has 0 fully saturated rings. The summed E-state index contributed by atoms with van der Waals surface area (Å²) in [5, 5.41) is 0.698. The zero-order chi connectivity index (χ0) is 22.2. The molecular formula is C26H28N2O2S. The lowest BCUT2D eigenvalue weighted by atomic mass is 9.86. The van der Waals surface area contributed by atoms with Crippen molar-refractivity contribution in [1.29, 1.82) is 0 Å². The smallest absolute Gasteiger partial charge is 0.260 e. The van der Waals surface area contributed by atoms with Crippen molar-refractivity contribution in [3.63, 3.8) is 0 Å². The molecule has 0 saturated heterocycles. The average molecular weight is 433 g/mol.